The number of amides is 2. The molecular formula is C22H25F4N5O3. The lowest BCUT2D eigenvalue weighted by molar-refractivity contribution is -0.158. The highest BCUT2D eigenvalue weighted by Crippen LogP contribution is 2.32. The number of likely N-dealkylation sites (tertiary alicyclic amines) is 1. The molecule has 1 saturated heterocycles. The summed E-state index contributed by atoms with van der Waals surface area (Å²) in [6.07, 6.45) is -2.83. The lowest BCUT2D eigenvalue weighted by Gasteiger charge is -2.38. The number of piperidine rings is 1. The standard InChI is InChI=1S/C22H25F4N5O3/c1-4-27-19(32)15-7-9-22(25,26)12-31(15)20(33)18-13(2)5-6-16(30-18)29-17-11-14(8-10-28-17)34-21(3,23)24/h5-6,8,10-11,15H,4,7,9,12H2,1-3H3,(H,27,32)(H,28,29,30). The fraction of sp³-hybridized carbons (Fsp3) is 0.455. The summed E-state index contributed by atoms with van der Waals surface area (Å²) in [6, 6.07) is 4.49. The molecule has 184 valence electrons. The lowest BCUT2D eigenvalue weighted by Crippen LogP contribution is -2.57. The van der Waals surface area contributed by atoms with Gasteiger partial charge in [-0.15, -0.1) is 0 Å². The van der Waals surface area contributed by atoms with Gasteiger partial charge in [0.1, 0.15) is 29.1 Å². The van der Waals surface area contributed by atoms with Crippen molar-refractivity contribution < 1.29 is 31.9 Å². The van der Waals surface area contributed by atoms with Crippen LogP contribution >= 0.6 is 0 Å². The summed E-state index contributed by atoms with van der Waals surface area (Å²) in [5, 5.41) is 5.36. The average Bonchev–Trinajstić information content (AvgIpc) is 2.73. The quantitative estimate of drug-likeness (QED) is 0.580. The number of rotatable bonds is 7. The second kappa shape index (κ2) is 9.82. The summed E-state index contributed by atoms with van der Waals surface area (Å²) < 4.78 is 59.0. The fourth-order valence-electron chi connectivity index (χ4n) is 3.55. The number of halogens is 4. The van der Waals surface area contributed by atoms with E-state index >= 15 is 0 Å². The summed E-state index contributed by atoms with van der Waals surface area (Å²) in [5.41, 5.74) is 0.291. The molecule has 1 unspecified atom stereocenters. The van der Waals surface area contributed by atoms with Crippen molar-refractivity contribution in [2.24, 2.45) is 0 Å². The zero-order valence-corrected chi connectivity index (χ0v) is 18.9. The number of carbonyl (C=O) groups is 2. The Morgan fingerprint density at radius 2 is 2.00 bits per heavy atom. The molecule has 1 fully saturated rings. The topological polar surface area (TPSA) is 96.5 Å². The van der Waals surface area contributed by atoms with Gasteiger partial charge in [-0.1, -0.05) is 6.07 Å². The van der Waals surface area contributed by atoms with Crippen molar-refractivity contribution in [2.45, 2.75) is 51.7 Å². The number of pyridine rings is 2. The van der Waals surface area contributed by atoms with E-state index in [1.54, 1.807) is 19.9 Å². The maximum absolute atomic E-state index is 14.1. The highest BCUT2D eigenvalue weighted by atomic mass is 19.3. The Kier molecular flexibility index (Phi) is 7.27. The number of likely N-dealkylation sites (N-methyl/N-ethyl adjacent to an activating group) is 1. The molecule has 0 aliphatic carbocycles. The van der Waals surface area contributed by atoms with E-state index in [-0.39, 0.29) is 29.5 Å². The molecular weight excluding hydrogens is 458 g/mol. The molecule has 8 nitrogen and oxygen atoms in total. The smallest absolute Gasteiger partial charge is 0.394 e. The van der Waals surface area contributed by atoms with Crippen molar-refractivity contribution in [1.82, 2.24) is 20.2 Å². The van der Waals surface area contributed by atoms with Crippen LogP contribution in [0.15, 0.2) is 30.5 Å². The first-order valence-corrected chi connectivity index (χ1v) is 10.6. The summed E-state index contributed by atoms with van der Waals surface area (Å²) in [6.45, 7) is 3.27. The van der Waals surface area contributed by atoms with E-state index in [2.05, 4.69) is 25.3 Å². The van der Waals surface area contributed by atoms with Crippen LogP contribution in [0.25, 0.3) is 0 Å². The van der Waals surface area contributed by atoms with Gasteiger partial charge in [0.05, 0.1) is 6.54 Å². The van der Waals surface area contributed by atoms with Gasteiger partial charge in [-0.3, -0.25) is 9.59 Å². The first-order chi connectivity index (χ1) is 15.9. The Bertz CT molecular complexity index is 1060. The van der Waals surface area contributed by atoms with Gasteiger partial charge in [-0.25, -0.2) is 18.7 Å². The molecule has 0 aromatic carbocycles. The molecule has 2 aromatic heterocycles. The maximum Gasteiger partial charge on any atom is 0.394 e. The van der Waals surface area contributed by atoms with Crippen LogP contribution < -0.4 is 15.4 Å². The van der Waals surface area contributed by atoms with Crippen LogP contribution in [0.1, 0.15) is 42.7 Å². The molecule has 2 aromatic rings. The van der Waals surface area contributed by atoms with E-state index in [0.29, 0.717) is 19.0 Å². The number of nitrogens with zero attached hydrogens (tertiary/aromatic N) is 3. The van der Waals surface area contributed by atoms with Gasteiger partial charge in [-0.05, 0) is 38.0 Å². The number of ether oxygens (including phenoxy) is 1. The van der Waals surface area contributed by atoms with E-state index < -0.39 is 42.9 Å². The molecule has 2 amide bonds. The minimum atomic E-state index is -3.39. The molecule has 2 N–H and O–H groups in total. The number of aromatic nitrogens is 2. The molecule has 12 heteroatoms. The van der Waals surface area contributed by atoms with Crippen molar-refractivity contribution in [3.8, 4) is 5.75 Å². The lowest BCUT2D eigenvalue weighted by atomic mass is 9.97. The first-order valence-electron chi connectivity index (χ1n) is 10.6. The predicted octanol–water partition coefficient (Wildman–Crippen LogP) is 3.90. The summed E-state index contributed by atoms with van der Waals surface area (Å²) in [4.78, 5) is 34.7. The normalized spacial score (nSPS) is 17.7. The van der Waals surface area contributed by atoms with Crippen LogP contribution in [0.4, 0.5) is 29.2 Å². The maximum atomic E-state index is 14.1. The van der Waals surface area contributed by atoms with Crippen LogP contribution in [0, 0.1) is 6.92 Å². The van der Waals surface area contributed by atoms with Crippen LogP contribution in [-0.2, 0) is 4.79 Å². The van der Waals surface area contributed by atoms with E-state index in [0.717, 1.165) is 4.90 Å². The van der Waals surface area contributed by atoms with Gasteiger partial charge in [0, 0.05) is 32.2 Å². The fourth-order valence-corrected chi connectivity index (χ4v) is 3.55. The van der Waals surface area contributed by atoms with E-state index in [9.17, 15) is 27.2 Å². The molecule has 0 spiro atoms. The van der Waals surface area contributed by atoms with Crippen molar-refractivity contribution in [3.63, 3.8) is 0 Å². The summed E-state index contributed by atoms with van der Waals surface area (Å²) in [5.74, 6) is -4.36. The number of alkyl halides is 4. The molecule has 1 aliphatic heterocycles. The third-order valence-electron chi connectivity index (χ3n) is 5.06. The van der Waals surface area contributed by atoms with Crippen LogP contribution in [0.5, 0.6) is 5.75 Å². The van der Waals surface area contributed by atoms with Gasteiger partial charge in [0.15, 0.2) is 0 Å². The number of nitrogens with one attached hydrogen (secondary N) is 2. The Morgan fingerprint density at radius 1 is 1.26 bits per heavy atom. The number of carbonyl (C=O) groups excluding carboxylic acids is 2. The van der Waals surface area contributed by atoms with Gasteiger partial charge in [0.2, 0.25) is 5.91 Å². The number of aryl methyl sites for hydroxylation is 1. The highest BCUT2D eigenvalue weighted by molar-refractivity contribution is 5.97. The van der Waals surface area contributed by atoms with Gasteiger partial charge in [0.25, 0.3) is 11.8 Å². The Morgan fingerprint density at radius 3 is 2.68 bits per heavy atom. The summed E-state index contributed by atoms with van der Waals surface area (Å²) >= 11 is 0. The largest absolute Gasteiger partial charge is 0.433 e. The molecule has 1 atom stereocenters. The van der Waals surface area contributed by atoms with Crippen molar-refractivity contribution >= 4 is 23.5 Å². The minimum absolute atomic E-state index is 0.112. The molecule has 3 rings (SSSR count). The molecule has 34 heavy (non-hydrogen) atoms. The average molecular weight is 483 g/mol. The van der Waals surface area contributed by atoms with Crippen molar-refractivity contribution in [1.29, 1.82) is 0 Å². The van der Waals surface area contributed by atoms with Gasteiger partial charge >= 0.3 is 6.11 Å². The number of hydrogen-bond donors (Lipinski definition) is 2. The Balaban J connectivity index is 1.87. The summed E-state index contributed by atoms with van der Waals surface area (Å²) in [7, 11) is 0. The van der Waals surface area contributed by atoms with Gasteiger partial charge < -0.3 is 20.3 Å². The molecule has 3 heterocycles. The third kappa shape index (κ3) is 6.33. The molecule has 1 aliphatic rings. The van der Waals surface area contributed by atoms with Crippen LogP contribution in [0.3, 0.4) is 0 Å². The molecule has 0 saturated carbocycles. The highest BCUT2D eigenvalue weighted by Gasteiger charge is 2.45. The minimum Gasteiger partial charge on any atom is -0.433 e. The first kappa shape index (κ1) is 25.2. The van der Waals surface area contributed by atoms with E-state index in [1.807, 2.05) is 0 Å². The monoisotopic (exact) mass is 483 g/mol. The number of hydrogen-bond acceptors (Lipinski definition) is 6. The van der Waals surface area contributed by atoms with Crippen LogP contribution in [-0.4, -0.2) is 57.8 Å². The molecule has 0 bridgehead atoms. The second-order valence-electron chi connectivity index (χ2n) is 8.01. The Labute approximate surface area is 193 Å². The zero-order chi connectivity index (χ0) is 25.1. The SMILES string of the molecule is CCNC(=O)C1CCC(F)(F)CN1C(=O)c1nc(Nc2cc(OC(C)(F)F)ccn2)ccc1C. The third-order valence-corrected chi connectivity index (χ3v) is 5.06. The van der Waals surface area contributed by atoms with E-state index in [4.69, 9.17) is 0 Å². The zero-order valence-electron chi connectivity index (χ0n) is 18.9. The van der Waals surface area contributed by atoms with Crippen molar-refractivity contribution in [3.05, 3.63) is 41.7 Å². The van der Waals surface area contributed by atoms with Crippen LogP contribution in [0.2, 0.25) is 0 Å². The number of anilines is 2. The second-order valence-corrected chi connectivity index (χ2v) is 8.01. The van der Waals surface area contributed by atoms with Gasteiger partial charge in [-0.2, -0.15) is 8.78 Å². The Hall–Kier alpha value is -3.44. The molecule has 0 radical (unpaired) electrons. The predicted molar refractivity (Wildman–Crippen MR) is 115 cm³/mol. The van der Waals surface area contributed by atoms with Crippen molar-refractivity contribution in [2.75, 3.05) is 18.4 Å². The van der Waals surface area contributed by atoms with E-state index in [1.165, 1.54) is 24.4 Å².